The minimum Gasteiger partial charge on any atom is -0.393 e. The minimum absolute atomic E-state index is 0.134. The first-order valence-corrected chi connectivity index (χ1v) is 4.57. The molecule has 0 aliphatic rings. The zero-order valence-electron chi connectivity index (χ0n) is 8.52. The van der Waals surface area contributed by atoms with Crippen LogP contribution in [0.5, 0.6) is 0 Å². The quantitative estimate of drug-likeness (QED) is 0.667. The van der Waals surface area contributed by atoms with Crippen LogP contribution in [0.2, 0.25) is 0 Å². The highest BCUT2D eigenvalue weighted by Gasteiger charge is 2.21. The molecule has 1 atom stereocenters. The Labute approximate surface area is 70.8 Å². The van der Waals surface area contributed by atoms with Gasteiger partial charge in [0.05, 0.1) is 6.10 Å². The van der Waals surface area contributed by atoms with Crippen molar-refractivity contribution in [2.75, 3.05) is 0 Å². The summed E-state index contributed by atoms with van der Waals surface area (Å²) in [6.07, 6.45) is 1.92. The summed E-state index contributed by atoms with van der Waals surface area (Å²) in [5, 5.41) is 9.59. The van der Waals surface area contributed by atoms with E-state index in [9.17, 15) is 5.11 Å². The van der Waals surface area contributed by atoms with E-state index < -0.39 is 0 Å². The fourth-order valence-electron chi connectivity index (χ4n) is 0.946. The average Bonchev–Trinajstić information content (AvgIpc) is 1.87. The zero-order chi connectivity index (χ0) is 9.07. The largest absolute Gasteiger partial charge is 0.393 e. The predicted octanol–water partition coefficient (Wildman–Crippen LogP) is 2.83. The van der Waals surface area contributed by atoms with Crippen LogP contribution in [0.4, 0.5) is 0 Å². The van der Waals surface area contributed by atoms with Crippen LogP contribution in [0.3, 0.4) is 0 Å². The van der Waals surface area contributed by atoms with E-state index in [2.05, 4.69) is 34.6 Å². The lowest BCUT2D eigenvalue weighted by Gasteiger charge is -2.27. The molecule has 0 aromatic rings. The molecule has 0 amide bonds. The third-order valence-electron chi connectivity index (χ3n) is 2.49. The number of hydrogen-bond donors (Lipinski definition) is 1. The second kappa shape index (κ2) is 4.10. The second-order valence-corrected chi connectivity index (χ2v) is 4.53. The molecular weight excluding hydrogens is 136 g/mol. The SMILES string of the molecule is CCC(C)(C)CC(O)C(C)C. The summed E-state index contributed by atoms with van der Waals surface area (Å²) in [6, 6.07) is 0. The summed E-state index contributed by atoms with van der Waals surface area (Å²) in [4.78, 5) is 0. The lowest BCUT2D eigenvalue weighted by molar-refractivity contribution is 0.0730. The predicted molar refractivity (Wildman–Crippen MR) is 49.5 cm³/mol. The molecule has 0 spiro atoms. The molecule has 68 valence electrons. The van der Waals surface area contributed by atoms with Crippen LogP contribution >= 0.6 is 0 Å². The Hall–Kier alpha value is -0.0400. The molecule has 1 heteroatoms. The van der Waals surface area contributed by atoms with E-state index in [1.54, 1.807) is 0 Å². The van der Waals surface area contributed by atoms with E-state index in [0.29, 0.717) is 11.3 Å². The molecule has 0 aliphatic carbocycles. The van der Waals surface area contributed by atoms with E-state index >= 15 is 0 Å². The van der Waals surface area contributed by atoms with Gasteiger partial charge in [-0.1, -0.05) is 41.0 Å². The maximum absolute atomic E-state index is 9.59. The van der Waals surface area contributed by atoms with Gasteiger partial charge < -0.3 is 5.11 Å². The van der Waals surface area contributed by atoms with E-state index in [-0.39, 0.29) is 6.10 Å². The summed E-state index contributed by atoms with van der Waals surface area (Å²) in [5.41, 5.74) is 0.295. The first-order valence-electron chi connectivity index (χ1n) is 4.57. The van der Waals surface area contributed by atoms with Gasteiger partial charge in [-0.2, -0.15) is 0 Å². The third kappa shape index (κ3) is 4.41. The lowest BCUT2D eigenvalue weighted by atomic mass is 9.82. The van der Waals surface area contributed by atoms with Crippen LogP contribution in [0.1, 0.15) is 47.5 Å². The van der Waals surface area contributed by atoms with Gasteiger partial charge in [0.1, 0.15) is 0 Å². The number of aliphatic hydroxyl groups excluding tert-OH is 1. The highest BCUT2D eigenvalue weighted by molar-refractivity contribution is 4.72. The summed E-state index contributed by atoms with van der Waals surface area (Å²) < 4.78 is 0. The molecule has 0 heterocycles. The molecule has 1 nitrogen and oxygen atoms in total. The Morgan fingerprint density at radius 3 is 2.00 bits per heavy atom. The normalized spacial score (nSPS) is 15.5. The summed E-state index contributed by atoms with van der Waals surface area (Å²) in [5.74, 6) is 0.390. The topological polar surface area (TPSA) is 20.2 Å². The standard InChI is InChI=1S/C10H22O/c1-6-10(4,5)7-9(11)8(2)3/h8-9,11H,6-7H2,1-5H3. The van der Waals surface area contributed by atoms with Gasteiger partial charge >= 0.3 is 0 Å². The van der Waals surface area contributed by atoms with Crippen molar-refractivity contribution in [2.45, 2.75) is 53.6 Å². The van der Waals surface area contributed by atoms with Crippen LogP contribution < -0.4 is 0 Å². The average molecular weight is 158 g/mol. The highest BCUT2D eigenvalue weighted by Crippen LogP contribution is 2.28. The van der Waals surface area contributed by atoms with Crippen LogP contribution in [0.15, 0.2) is 0 Å². The molecular formula is C10H22O. The fraction of sp³-hybridized carbons (Fsp3) is 1.00. The third-order valence-corrected chi connectivity index (χ3v) is 2.49. The summed E-state index contributed by atoms with van der Waals surface area (Å²) in [6.45, 7) is 10.7. The van der Waals surface area contributed by atoms with Crippen LogP contribution in [-0.2, 0) is 0 Å². The van der Waals surface area contributed by atoms with Crippen molar-refractivity contribution < 1.29 is 5.11 Å². The molecule has 0 rings (SSSR count). The zero-order valence-corrected chi connectivity index (χ0v) is 8.52. The van der Waals surface area contributed by atoms with Crippen molar-refractivity contribution in [1.29, 1.82) is 0 Å². The van der Waals surface area contributed by atoms with Crippen LogP contribution in [0, 0.1) is 11.3 Å². The molecule has 1 unspecified atom stereocenters. The van der Waals surface area contributed by atoms with Crippen molar-refractivity contribution in [1.82, 2.24) is 0 Å². The van der Waals surface area contributed by atoms with Crippen molar-refractivity contribution in [3.05, 3.63) is 0 Å². The van der Waals surface area contributed by atoms with Crippen molar-refractivity contribution >= 4 is 0 Å². The summed E-state index contributed by atoms with van der Waals surface area (Å²) in [7, 11) is 0. The molecule has 0 aliphatic heterocycles. The first-order chi connectivity index (χ1) is 4.89. The Balaban J connectivity index is 3.83. The highest BCUT2D eigenvalue weighted by atomic mass is 16.3. The smallest absolute Gasteiger partial charge is 0.0568 e. The Bertz CT molecular complexity index is 105. The van der Waals surface area contributed by atoms with Crippen LogP contribution in [-0.4, -0.2) is 11.2 Å². The molecule has 0 fully saturated rings. The Morgan fingerprint density at radius 1 is 1.27 bits per heavy atom. The van der Waals surface area contributed by atoms with Gasteiger partial charge in [0, 0.05) is 0 Å². The molecule has 0 aromatic carbocycles. The van der Waals surface area contributed by atoms with Gasteiger partial charge in [-0.15, -0.1) is 0 Å². The maximum atomic E-state index is 9.59. The molecule has 0 saturated heterocycles. The van der Waals surface area contributed by atoms with Crippen molar-refractivity contribution in [3.8, 4) is 0 Å². The number of aliphatic hydroxyl groups is 1. The maximum Gasteiger partial charge on any atom is 0.0568 e. The number of hydrogen-bond acceptors (Lipinski definition) is 1. The van der Waals surface area contributed by atoms with Gasteiger partial charge in [-0.05, 0) is 17.8 Å². The van der Waals surface area contributed by atoms with E-state index in [0.717, 1.165) is 12.8 Å². The second-order valence-electron chi connectivity index (χ2n) is 4.53. The van der Waals surface area contributed by atoms with E-state index in [1.807, 2.05) is 0 Å². The van der Waals surface area contributed by atoms with Crippen molar-refractivity contribution in [2.24, 2.45) is 11.3 Å². The van der Waals surface area contributed by atoms with E-state index in [4.69, 9.17) is 0 Å². The lowest BCUT2D eigenvalue weighted by Crippen LogP contribution is -2.23. The van der Waals surface area contributed by atoms with Gasteiger partial charge in [-0.3, -0.25) is 0 Å². The first kappa shape index (κ1) is 11.0. The van der Waals surface area contributed by atoms with Gasteiger partial charge in [-0.25, -0.2) is 0 Å². The fourth-order valence-corrected chi connectivity index (χ4v) is 0.946. The van der Waals surface area contributed by atoms with Crippen molar-refractivity contribution in [3.63, 3.8) is 0 Å². The van der Waals surface area contributed by atoms with Gasteiger partial charge in [0.15, 0.2) is 0 Å². The molecule has 0 radical (unpaired) electrons. The summed E-state index contributed by atoms with van der Waals surface area (Å²) >= 11 is 0. The monoisotopic (exact) mass is 158 g/mol. The molecule has 0 bridgehead atoms. The molecule has 0 aromatic heterocycles. The Kier molecular flexibility index (Phi) is 4.09. The van der Waals surface area contributed by atoms with Gasteiger partial charge in [0.25, 0.3) is 0 Å². The number of rotatable bonds is 4. The molecule has 0 saturated carbocycles. The van der Waals surface area contributed by atoms with Gasteiger partial charge in [0.2, 0.25) is 0 Å². The Morgan fingerprint density at radius 2 is 1.73 bits per heavy atom. The van der Waals surface area contributed by atoms with E-state index in [1.165, 1.54) is 0 Å². The van der Waals surface area contributed by atoms with Crippen LogP contribution in [0.25, 0.3) is 0 Å². The molecule has 1 N–H and O–H groups in total. The minimum atomic E-state index is -0.134. The molecule has 11 heavy (non-hydrogen) atoms.